The molecule has 0 aliphatic heterocycles. The Hall–Kier alpha value is -1.14. The Morgan fingerprint density at radius 2 is 1.75 bits per heavy atom. The summed E-state index contributed by atoms with van der Waals surface area (Å²) in [6.07, 6.45) is 7.61. The lowest BCUT2D eigenvalue weighted by molar-refractivity contribution is 0.0746. The summed E-state index contributed by atoms with van der Waals surface area (Å²) in [4.78, 5) is 2.10. The second-order valence-electron chi connectivity index (χ2n) is 11.6. The molecule has 0 amide bonds. The van der Waals surface area contributed by atoms with Crippen LogP contribution in [0.3, 0.4) is 0 Å². The average molecular weight is 447 g/mol. The minimum Gasteiger partial charge on any atom is -0.491 e. The third-order valence-corrected chi connectivity index (χ3v) is 7.60. The van der Waals surface area contributed by atoms with Gasteiger partial charge in [0.05, 0.1) is 24.9 Å². The van der Waals surface area contributed by atoms with Crippen molar-refractivity contribution in [3.05, 3.63) is 29.3 Å². The molecule has 2 saturated carbocycles. The van der Waals surface area contributed by atoms with E-state index in [4.69, 9.17) is 10.5 Å². The number of aliphatic hydroxyl groups is 2. The van der Waals surface area contributed by atoms with Crippen molar-refractivity contribution in [1.82, 2.24) is 4.90 Å². The zero-order valence-electron chi connectivity index (χ0n) is 20.9. The van der Waals surface area contributed by atoms with Crippen LogP contribution in [0.5, 0.6) is 5.75 Å². The highest BCUT2D eigenvalue weighted by Crippen LogP contribution is 2.56. The van der Waals surface area contributed by atoms with Gasteiger partial charge in [0, 0.05) is 18.7 Å². The lowest BCUT2D eigenvalue weighted by Crippen LogP contribution is -2.55. The first-order valence-electron chi connectivity index (χ1n) is 12.6. The van der Waals surface area contributed by atoms with E-state index in [1.807, 2.05) is 7.05 Å². The van der Waals surface area contributed by atoms with Gasteiger partial charge in [-0.1, -0.05) is 26.0 Å². The molecule has 0 spiro atoms. The fourth-order valence-electron chi connectivity index (χ4n) is 6.62. The molecule has 2 unspecified atom stereocenters. The zero-order chi connectivity index (χ0) is 23.5. The van der Waals surface area contributed by atoms with Gasteiger partial charge in [0.15, 0.2) is 0 Å². The van der Waals surface area contributed by atoms with Crippen molar-refractivity contribution in [2.24, 2.45) is 23.5 Å². The van der Waals surface area contributed by atoms with Crippen molar-refractivity contribution in [1.29, 1.82) is 0 Å². The van der Waals surface area contributed by atoms with Gasteiger partial charge in [-0.3, -0.25) is 0 Å². The normalized spacial score (nSPS) is 28.4. The van der Waals surface area contributed by atoms with Gasteiger partial charge in [0.2, 0.25) is 0 Å². The van der Waals surface area contributed by atoms with Crippen LogP contribution in [0, 0.1) is 17.8 Å². The molecule has 32 heavy (non-hydrogen) atoms. The number of rotatable bonds is 10. The van der Waals surface area contributed by atoms with Gasteiger partial charge in [-0.2, -0.15) is 0 Å². The van der Waals surface area contributed by atoms with Gasteiger partial charge in [-0.15, -0.1) is 0 Å². The van der Waals surface area contributed by atoms with E-state index in [1.54, 1.807) is 0 Å². The number of fused-ring (bicyclic) bond motifs is 2. The highest BCUT2D eigenvalue weighted by molar-refractivity contribution is 5.44. The quantitative estimate of drug-likeness (QED) is 0.510. The number of aliphatic hydroxyl groups excluding tert-OH is 2. The first kappa shape index (κ1) is 25.5. The van der Waals surface area contributed by atoms with Crippen LogP contribution in [0.15, 0.2) is 18.2 Å². The molecule has 0 radical (unpaired) electrons. The van der Waals surface area contributed by atoms with Crippen molar-refractivity contribution in [3.63, 3.8) is 0 Å². The molecular weight excluding hydrogens is 400 g/mol. The first-order chi connectivity index (χ1) is 15.1. The number of likely N-dealkylation sites (N-methyl/N-ethyl adjacent to an activating group) is 1. The summed E-state index contributed by atoms with van der Waals surface area (Å²) in [5.74, 6) is 3.43. The molecule has 0 aromatic heterocycles. The Balaban J connectivity index is 1.84. The maximum atomic E-state index is 9.50. The van der Waals surface area contributed by atoms with E-state index >= 15 is 0 Å². The van der Waals surface area contributed by atoms with E-state index in [2.05, 4.69) is 50.8 Å². The summed E-state index contributed by atoms with van der Waals surface area (Å²) in [6, 6.07) is 6.82. The highest BCUT2D eigenvalue weighted by Gasteiger charge is 2.46. The second-order valence-corrected chi connectivity index (χ2v) is 11.6. The third-order valence-electron chi connectivity index (χ3n) is 7.60. The van der Waals surface area contributed by atoms with Crippen LogP contribution in [-0.4, -0.2) is 60.1 Å². The monoisotopic (exact) mass is 446 g/mol. The summed E-state index contributed by atoms with van der Waals surface area (Å²) in [5, 5.41) is 19.0. The molecule has 0 heterocycles. The van der Waals surface area contributed by atoms with Gasteiger partial charge in [-0.25, -0.2) is 0 Å². The molecular formula is C27H46N2O3. The van der Waals surface area contributed by atoms with Gasteiger partial charge in [0.1, 0.15) is 5.75 Å². The van der Waals surface area contributed by atoms with Crippen molar-refractivity contribution in [2.45, 2.75) is 83.3 Å². The molecule has 2 atom stereocenters. The molecule has 1 aromatic rings. The lowest BCUT2D eigenvalue weighted by atomic mass is 9.54. The molecule has 5 heteroatoms. The fraction of sp³-hybridized carbons (Fsp3) is 0.778. The van der Waals surface area contributed by atoms with Crippen LogP contribution < -0.4 is 10.5 Å². The van der Waals surface area contributed by atoms with Crippen molar-refractivity contribution >= 4 is 0 Å². The Morgan fingerprint density at radius 3 is 2.31 bits per heavy atom. The summed E-state index contributed by atoms with van der Waals surface area (Å²) in [6.45, 7) is 9.93. The van der Waals surface area contributed by atoms with Crippen molar-refractivity contribution in [2.75, 3.05) is 33.4 Å². The average Bonchev–Trinajstić information content (AvgIpc) is 2.71. The Morgan fingerprint density at radius 1 is 1.12 bits per heavy atom. The highest BCUT2D eigenvalue weighted by atomic mass is 16.5. The van der Waals surface area contributed by atoms with E-state index in [0.717, 1.165) is 36.5 Å². The van der Waals surface area contributed by atoms with Gasteiger partial charge >= 0.3 is 0 Å². The molecule has 3 rings (SSSR count). The van der Waals surface area contributed by atoms with Crippen LogP contribution in [0.2, 0.25) is 0 Å². The van der Waals surface area contributed by atoms with Crippen LogP contribution >= 0.6 is 0 Å². The van der Waals surface area contributed by atoms with Crippen molar-refractivity contribution < 1.29 is 14.9 Å². The third kappa shape index (κ3) is 6.05. The Kier molecular flexibility index (Phi) is 8.30. The number of nitrogens with two attached hydrogens (primary N) is 1. The van der Waals surface area contributed by atoms with E-state index in [-0.39, 0.29) is 24.7 Å². The number of benzene rings is 1. The standard InChI is InChI=1S/C27H46N2O3/c1-19(2)32-25-7-6-22(8-9-29(5)16-27(28,17-30)18-31)12-24(25)26-13-20(3)10-23(15-26)11-21(4)14-26/h6-7,12,19-21,23,30-31H,8-11,13-18,28H2,1-5H3. The SMILES string of the molecule is CC1CC2CC(C)CC(c3cc(CCN(C)CC(N)(CO)CO)ccc3OC(C)C)(C1)C2. The Bertz CT molecular complexity index is 727. The molecule has 182 valence electrons. The summed E-state index contributed by atoms with van der Waals surface area (Å²) >= 11 is 0. The topological polar surface area (TPSA) is 79.0 Å². The largest absolute Gasteiger partial charge is 0.491 e. The molecule has 2 aliphatic carbocycles. The molecule has 2 aliphatic rings. The molecule has 4 N–H and O–H groups in total. The number of hydrogen-bond acceptors (Lipinski definition) is 5. The molecule has 1 aromatic carbocycles. The summed E-state index contributed by atoms with van der Waals surface area (Å²) in [7, 11) is 2.00. The van der Waals surface area contributed by atoms with Gasteiger partial charge in [-0.05, 0) is 94.2 Å². The van der Waals surface area contributed by atoms with Crippen LogP contribution in [0.25, 0.3) is 0 Å². The molecule has 2 fully saturated rings. The van der Waals surface area contributed by atoms with Gasteiger partial charge < -0.3 is 25.6 Å². The maximum Gasteiger partial charge on any atom is 0.123 e. The summed E-state index contributed by atoms with van der Waals surface area (Å²) < 4.78 is 6.35. The number of nitrogens with zero attached hydrogens (tertiary/aromatic N) is 1. The fourth-order valence-corrected chi connectivity index (χ4v) is 6.62. The number of ether oxygens (including phenoxy) is 1. The molecule has 5 nitrogen and oxygen atoms in total. The van der Waals surface area contributed by atoms with E-state index in [9.17, 15) is 10.2 Å². The second kappa shape index (κ2) is 10.4. The van der Waals surface area contributed by atoms with Crippen LogP contribution in [0.4, 0.5) is 0 Å². The molecule has 0 saturated heterocycles. The van der Waals surface area contributed by atoms with Gasteiger partial charge in [0.25, 0.3) is 0 Å². The smallest absolute Gasteiger partial charge is 0.123 e. The van der Waals surface area contributed by atoms with Crippen LogP contribution in [-0.2, 0) is 11.8 Å². The van der Waals surface area contributed by atoms with Crippen LogP contribution in [0.1, 0.15) is 70.9 Å². The Labute approximate surface area is 195 Å². The minimum absolute atomic E-state index is 0.162. The number of hydrogen-bond donors (Lipinski definition) is 3. The van der Waals surface area contributed by atoms with E-state index < -0.39 is 5.54 Å². The lowest BCUT2D eigenvalue weighted by Gasteiger charge is -2.51. The summed E-state index contributed by atoms with van der Waals surface area (Å²) in [5.41, 5.74) is 8.09. The van der Waals surface area contributed by atoms with E-state index in [1.165, 1.54) is 43.2 Å². The van der Waals surface area contributed by atoms with E-state index in [0.29, 0.717) is 6.54 Å². The predicted molar refractivity (Wildman–Crippen MR) is 131 cm³/mol. The van der Waals surface area contributed by atoms with Crippen molar-refractivity contribution in [3.8, 4) is 5.75 Å². The maximum absolute atomic E-state index is 9.50. The predicted octanol–water partition coefficient (Wildman–Crippen LogP) is 3.73. The molecule has 2 bridgehead atoms. The minimum atomic E-state index is -0.959. The zero-order valence-corrected chi connectivity index (χ0v) is 20.9. The first-order valence-corrected chi connectivity index (χ1v) is 12.6.